The van der Waals surface area contributed by atoms with Crippen molar-refractivity contribution < 1.29 is 9.84 Å². The number of hydrogen-bond acceptors (Lipinski definition) is 6. The van der Waals surface area contributed by atoms with Crippen LogP contribution in [0.25, 0.3) is 0 Å². The van der Waals surface area contributed by atoms with Crippen LogP contribution in [0.2, 0.25) is 0 Å². The van der Waals surface area contributed by atoms with E-state index in [4.69, 9.17) is 4.74 Å². The molecule has 7 nitrogen and oxygen atoms in total. The van der Waals surface area contributed by atoms with Gasteiger partial charge < -0.3 is 9.84 Å². The zero-order chi connectivity index (χ0) is 13.1. The van der Waals surface area contributed by atoms with Gasteiger partial charge in [-0.3, -0.25) is 4.90 Å². The largest absolute Gasteiger partial charge is 0.390 e. The van der Waals surface area contributed by atoms with Gasteiger partial charge >= 0.3 is 0 Å². The van der Waals surface area contributed by atoms with E-state index in [-0.39, 0.29) is 12.2 Å². The number of β-amino-alcohol motifs (C(OH)–C–C–N with tert-alkyl or cyclic N) is 1. The zero-order valence-electron chi connectivity index (χ0n) is 11.2. The first-order valence-corrected chi connectivity index (χ1v) is 6.33. The average molecular weight is 255 g/mol. The van der Waals surface area contributed by atoms with Gasteiger partial charge in [-0.05, 0) is 31.2 Å². The number of morpholine rings is 1. The van der Waals surface area contributed by atoms with Gasteiger partial charge in [-0.2, -0.15) is 0 Å². The molecule has 1 aliphatic heterocycles. The second-order valence-corrected chi connectivity index (χ2v) is 5.04. The monoisotopic (exact) mass is 255 g/mol. The molecule has 1 aliphatic rings. The highest BCUT2D eigenvalue weighted by atomic mass is 16.5. The average Bonchev–Trinajstić information content (AvgIpc) is 2.62. The molecule has 2 heterocycles. The number of hydrogen-bond donors (Lipinski definition) is 1. The number of aromatic nitrogens is 4. The third kappa shape index (κ3) is 3.47. The number of rotatable bonds is 4. The molecule has 0 amide bonds. The van der Waals surface area contributed by atoms with Crippen molar-refractivity contribution in [1.82, 2.24) is 25.1 Å². The highest BCUT2D eigenvalue weighted by Gasteiger charge is 2.24. The maximum Gasteiger partial charge on any atom is 0.148 e. The summed E-state index contributed by atoms with van der Waals surface area (Å²) >= 11 is 0. The number of aryl methyl sites for hydroxylation is 1. The van der Waals surface area contributed by atoms with E-state index in [1.165, 1.54) is 0 Å². The summed E-state index contributed by atoms with van der Waals surface area (Å²) in [5.74, 6) is 0.720. The summed E-state index contributed by atoms with van der Waals surface area (Å²) in [6, 6.07) is 0. The molecule has 102 valence electrons. The van der Waals surface area contributed by atoms with E-state index >= 15 is 0 Å². The van der Waals surface area contributed by atoms with Crippen LogP contribution in [0.4, 0.5) is 0 Å². The predicted molar refractivity (Wildman–Crippen MR) is 65.0 cm³/mol. The summed E-state index contributed by atoms with van der Waals surface area (Å²) in [4.78, 5) is 2.23. The summed E-state index contributed by atoms with van der Waals surface area (Å²) in [5, 5.41) is 21.3. The summed E-state index contributed by atoms with van der Waals surface area (Å²) in [7, 11) is 0. The molecule has 1 aromatic rings. The van der Waals surface area contributed by atoms with Crippen LogP contribution in [0.15, 0.2) is 0 Å². The number of aliphatic hydroxyl groups is 1. The molecule has 2 rings (SSSR count). The molecule has 0 bridgehead atoms. The Hall–Kier alpha value is -1.05. The van der Waals surface area contributed by atoms with Gasteiger partial charge in [0.15, 0.2) is 0 Å². The van der Waals surface area contributed by atoms with Crippen LogP contribution in [0.5, 0.6) is 0 Å². The Balaban J connectivity index is 1.83. The molecule has 1 saturated heterocycles. The van der Waals surface area contributed by atoms with Crippen molar-refractivity contribution in [1.29, 1.82) is 0 Å². The Morgan fingerprint density at radius 3 is 2.56 bits per heavy atom. The third-order valence-electron chi connectivity index (χ3n) is 3.06. The first-order chi connectivity index (χ1) is 8.54. The second kappa shape index (κ2) is 5.73. The van der Waals surface area contributed by atoms with E-state index in [0.717, 1.165) is 18.9 Å². The summed E-state index contributed by atoms with van der Waals surface area (Å²) in [6.45, 7) is 8.70. The van der Waals surface area contributed by atoms with Crippen LogP contribution in [0, 0.1) is 6.92 Å². The van der Waals surface area contributed by atoms with Crippen LogP contribution in [-0.4, -0.2) is 68.2 Å². The maximum absolute atomic E-state index is 10.1. The van der Waals surface area contributed by atoms with Gasteiger partial charge in [0, 0.05) is 19.6 Å². The number of ether oxygens (including phenoxy) is 1. The van der Waals surface area contributed by atoms with Gasteiger partial charge in [0.05, 0.1) is 24.9 Å². The standard InChI is InChI=1S/C11H21N5O2/c1-8-4-15(5-9(2)18-8)6-11(17)7-16-10(3)12-13-14-16/h8-9,11,17H,4-7H2,1-3H3. The van der Waals surface area contributed by atoms with Crippen molar-refractivity contribution in [3.05, 3.63) is 5.82 Å². The predicted octanol–water partition coefficient (Wildman–Crippen LogP) is -0.548. The lowest BCUT2D eigenvalue weighted by Crippen LogP contribution is -2.48. The van der Waals surface area contributed by atoms with Gasteiger partial charge in [0.2, 0.25) is 0 Å². The molecule has 1 N–H and O–H groups in total. The van der Waals surface area contributed by atoms with Gasteiger partial charge in [0.1, 0.15) is 5.82 Å². The van der Waals surface area contributed by atoms with Crippen molar-refractivity contribution in [3.63, 3.8) is 0 Å². The molecule has 0 aromatic carbocycles. The van der Waals surface area contributed by atoms with E-state index in [1.807, 2.05) is 6.92 Å². The minimum Gasteiger partial charge on any atom is -0.390 e. The van der Waals surface area contributed by atoms with Crippen molar-refractivity contribution >= 4 is 0 Å². The van der Waals surface area contributed by atoms with E-state index < -0.39 is 6.10 Å². The molecular weight excluding hydrogens is 234 g/mol. The fraction of sp³-hybridized carbons (Fsp3) is 0.909. The second-order valence-electron chi connectivity index (χ2n) is 5.04. The fourth-order valence-electron chi connectivity index (χ4n) is 2.41. The van der Waals surface area contributed by atoms with Crippen molar-refractivity contribution in [2.45, 2.75) is 45.6 Å². The first-order valence-electron chi connectivity index (χ1n) is 6.33. The minimum atomic E-state index is -0.468. The third-order valence-corrected chi connectivity index (χ3v) is 3.06. The highest BCUT2D eigenvalue weighted by molar-refractivity contribution is 4.78. The summed E-state index contributed by atoms with van der Waals surface area (Å²) in [5.41, 5.74) is 0. The van der Waals surface area contributed by atoms with Gasteiger partial charge in [0.25, 0.3) is 0 Å². The first kappa shape index (κ1) is 13.4. The van der Waals surface area contributed by atoms with Crippen molar-refractivity contribution in [2.24, 2.45) is 0 Å². The van der Waals surface area contributed by atoms with Gasteiger partial charge in [-0.1, -0.05) is 0 Å². The molecule has 7 heteroatoms. The molecule has 0 saturated carbocycles. The molecule has 1 fully saturated rings. The molecule has 3 atom stereocenters. The molecule has 1 aromatic heterocycles. The Labute approximate surface area is 107 Å². The lowest BCUT2D eigenvalue weighted by Gasteiger charge is -2.36. The summed E-state index contributed by atoms with van der Waals surface area (Å²) in [6.07, 6.45) is -0.0313. The minimum absolute atomic E-state index is 0.218. The Morgan fingerprint density at radius 2 is 2.00 bits per heavy atom. The van der Waals surface area contributed by atoms with E-state index in [2.05, 4.69) is 34.3 Å². The molecule has 0 spiro atoms. The fourth-order valence-corrected chi connectivity index (χ4v) is 2.41. The van der Waals surface area contributed by atoms with Crippen LogP contribution in [-0.2, 0) is 11.3 Å². The normalized spacial score (nSPS) is 27.3. The number of aliphatic hydroxyl groups excluding tert-OH is 1. The van der Waals surface area contributed by atoms with E-state index in [1.54, 1.807) is 4.68 Å². The highest BCUT2D eigenvalue weighted by Crippen LogP contribution is 2.11. The van der Waals surface area contributed by atoms with Gasteiger partial charge in [-0.15, -0.1) is 5.10 Å². The molecular formula is C11H21N5O2. The lowest BCUT2D eigenvalue weighted by molar-refractivity contribution is -0.0774. The van der Waals surface area contributed by atoms with E-state index in [9.17, 15) is 5.11 Å². The van der Waals surface area contributed by atoms with Crippen LogP contribution >= 0.6 is 0 Å². The maximum atomic E-state index is 10.1. The quantitative estimate of drug-likeness (QED) is 0.778. The van der Waals surface area contributed by atoms with Crippen LogP contribution in [0.3, 0.4) is 0 Å². The van der Waals surface area contributed by atoms with Crippen LogP contribution in [0.1, 0.15) is 19.7 Å². The lowest BCUT2D eigenvalue weighted by atomic mass is 10.2. The number of tetrazole rings is 1. The SMILES string of the molecule is Cc1nnnn1CC(O)CN1CC(C)OC(C)C1. The smallest absolute Gasteiger partial charge is 0.148 e. The Bertz CT molecular complexity index is 373. The Morgan fingerprint density at radius 1 is 1.33 bits per heavy atom. The van der Waals surface area contributed by atoms with Crippen LogP contribution < -0.4 is 0 Å². The molecule has 0 aliphatic carbocycles. The van der Waals surface area contributed by atoms with E-state index in [0.29, 0.717) is 13.1 Å². The Kier molecular flexibility index (Phi) is 4.26. The topological polar surface area (TPSA) is 76.3 Å². The number of nitrogens with zero attached hydrogens (tertiary/aromatic N) is 5. The summed E-state index contributed by atoms with van der Waals surface area (Å²) < 4.78 is 7.29. The molecule has 18 heavy (non-hydrogen) atoms. The van der Waals surface area contributed by atoms with Gasteiger partial charge in [-0.25, -0.2) is 4.68 Å². The van der Waals surface area contributed by atoms with Crippen molar-refractivity contribution in [3.8, 4) is 0 Å². The molecule has 0 radical (unpaired) electrons. The van der Waals surface area contributed by atoms with Crippen molar-refractivity contribution in [2.75, 3.05) is 19.6 Å². The molecule has 3 unspecified atom stereocenters. The zero-order valence-corrected chi connectivity index (χ0v) is 11.2.